The Bertz CT molecular complexity index is 942. The maximum absolute atomic E-state index is 13.0. The number of hydrogen-bond donors (Lipinski definition) is 1. The van der Waals surface area contributed by atoms with E-state index in [-0.39, 0.29) is 18.3 Å². The van der Waals surface area contributed by atoms with E-state index in [2.05, 4.69) is 5.32 Å². The summed E-state index contributed by atoms with van der Waals surface area (Å²) in [4.78, 5) is 29.5. The molecule has 0 aromatic heterocycles. The van der Waals surface area contributed by atoms with Gasteiger partial charge in [0.1, 0.15) is 6.04 Å². The Morgan fingerprint density at radius 1 is 0.967 bits per heavy atom. The van der Waals surface area contributed by atoms with Crippen molar-refractivity contribution in [1.82, 2.24) is 5.32 Å². The summed E-state index contributed by atoms with van der Waals surface area (Å²) in [6.45, 7) is 4.14. The quantitative estimate of drug-likeness (QED) is 0.678. The van der Waals surface area contributed by atoms with E-state index in [9.17, 15) is 9.59 Å². The van der Waals surface area contributed by atoms with Crippen LogP contribution in [0, 0.1) is 0 Å². The van der Waals surface area contributed by atoms with E-state index < -0.39 is 12.0 Å². The fraction of sp³-hybridized carbons (Fsp3) is 0.261. The summed E-state index contributed by atoms with van der Waals surface area (Å²) in [5.41, 5.74) is 2.77. The number of nitrogens with zero attached hydrogens (tertiary/aromatic N) is 1. The molecule has 156 valence electrons. The predicted octanol–water partition coefficient (Wildman–Crippen LogP) is 3.96. The highest BCUT2D eigenvalue weighted by Crippen LogP contribution is 2.36. The highest BCUT2D eigenvalue weighted by Gasteiger charge is 2.32. The second-order valence-corrected chi connectivity index (χ2v) is 7.31. The van der Waals surface area contributed by atoms with Crippen LogP contribution in [0.2, 0.25) is 0 Å². The number of nitrogens with one attached hydrogen (secondary N) is 1. The fourth-order valence-corrected chi connectivity index (χ4v) is 3.75. The molecule has 1 aliphatic heterocycles. The first-order chi connectivity index (χ1) is 14.6. The van der Waals surface area contributed by atoms with Crippen molar-refractivity contribution >= 4 is 34.6 Å². The van der Waals surface area contributed by atoms with E-state index >= 15 is 0 Å². The number of thioether (sulfide) groups is 1. The van der Waals surface area contributed by atoms with E-state index in [0.717, 1.165) is 11.1 Å². The van der Waals surface area contributed by atoms with Gasteiger partial charge in [-0.25, -0.2) is 9.79 Å². The molecule has 0 saturated carbocycles. The second-order valence-electron chi connectivity index (χ2n) is 6.34. The lowest BCUT2D eigenvalue weighted by Crippen LogP contribution is -2.31. The van der Waals surface area contributed by atoms with Crippen LogP contribution < -0.4 is 5.32 Å². The van der Waals surface area contributed by atoms with Gasteiger partial charge in [-0.2, -0.15) is 0 Å². The Labute approximate surface area is 180 Å². The number of amidine groups is 1. The van der Waals surface area contributed by atoms with Gasteiger partial charge in [0, 0.05) is 0 Å². The van der Waals surface area contributed by atoms with Crippen LogP contribution in [0.5, 0.6) is 0 Å². The summed E-state index contributed by atoms with van der Waals surface area (Å²) >= 11 is 1.25. The van der Waals surface area contributed by atoms with Crippen molar-refractivity contribution in [3.8, 4) is 0 Å². The largest absolute Gasteiger partial charge is 0.465 e. The molecule has 2 aromatic rings. The van der Waals surface area contributed by atoms with Crippen LogP contribution in [0.25, 0.3) is 5.70 Å². The highest BCUT2D eigenvalue weighted by molar-refractivity contribution is 8.14. The third-order valence-electron chi connectivity index (χ3n) is 4.33. The molecule has 1 heterocycles. The summed E-state index contributed by atoms with van der Waals surface area (Å²) in [6.07, 6.45) is 0. The van der Waals surface area contributed by atoms with Crippen molar-refractivity contribution in [3.63, 3.8) is 0 Å². The maximum atomic E-state index is 13.0. The van der Waals surface area contributed by atoms with Crippen LogP contribution >= 0.6 is 11.8 Å². The average molecular weight is 425 g/mol. The van der Waals surface area contributed by atoms with Crippen LogP contribution in [0.4, 0.5) is 0 Å². The molecule has 0 radical (unpaired) electrons. The maximum Gasteiger partial charge on any atom is 0.338 e. The molecular formula is C23H24N2O4S. The van der Waals surface area contributed by atoms with Gasteiger partial charge in [-0.3, -0.25) is 4.79 Å². The van der Waals surface area contributed by atoms with Crippen LogP contribution in [0.3, 0.4) is 0 Å². The van der Waals surface area contributed by atoms with Crippen LogP contribution in [-0.2, 0) is 19.1 Å². The number of benzene rings is 2. The van der Waals surface area contributed by atoms with Gasteiger partial charge in [0.15, 0.2) is 5.17 Å². The first kappa shape index (κ1) is 21.6. The number of aliphatic imine (C=N–C) groups is 1. The lowest BCUT2D eigenvalue weighted by molar-refractivity contribution is -0.140. The molecule has 1 atom stereocenters. The molecule has 1 N–H and O–H groups in total. The van der Waals surface area contributed by atoms with Gasteiger partial charge in [0.05, 0.1) is 30.2 Å². The molecule has 0 saturated heterocycles. The average Bonchev–Trinajstić information content (AvgIpc) is 2.78. The monoisotopic (exact) mass is 424 g/mol. The number of ether oxygens (including phenoxy) is 2. The van der Waals surface area contributed by atoms with Crippen molar-refractivity contribution in [3.05, 3.63) is 77.4 Å². The topological polar surface area (TPSA) is 77.0 Å². The molecule has 6 nitrogen and oxygen atoms in total. The zero-order valence-corrected chi connectivity index (χ0v) is 17.8. The van der Waals surface area contributed by atoms with Gasteiger partial charge in [0.2, 0.25) is 0 Å². The zero-order valence-electron chi connectivity index (χ0n) is 17.0. The van der Waals surface area contributed by atoms with Crippen molar-refractivity contribution in [1.29, 1.82) is 0 Å². The van der Waals surface area contributed by atoms with E-state index in [1.165, 1.54) is 11.8 Å². The fourth-order valence-electron chi connectivity index (χ4n) is 3.06. The van der Waals surface area contributed by atoms with Crippen molar-refractivity contribution in [2.24, 2.45) is 4.99 Å². The third-order valence-corrected chi connectivity index (χ3v) is 5.19. The molecular weight excluding hydrogens is 400 g/mol. The van der Waals surface area contributed by atoms with Gasteiger partial charge in [-0.05, 0) is 25.0 Å². The number of carbonyl (C=O) groups excluding carboxylic acids is 2. The molecule has 0 aliphatic carbocycles. The minimum absolute atomic E-state index is 0.123. The van der Waals surface area contributed by atoms with E-state index in [4.69, 9.17) is 14.5 Å². The van der Waals surface area contributed by atoms with E-state index in [1.54, 1.807) is 13.8 Å². The Morgan fingerprint density at radius 3 is 2.23 bits per heavy atom. The number of carbonyl (C=O) groups is 2. The van der Waals surface area contributed by atoms with Crippen molar-refractivity contribution in [2.45, 2.75) is 19.9 Å². The van der Waals surface area contributed by atoms with Crippen LogP contribution in [0.1, 0.15) is 31.0 Å². The van der Waals surface area contributed by atoms with Crippen LogP contribution in [-0.4, -0.2) is 36.1 Å². The van der Waals surface area contributed by atoms with Gasteiger partial charge >= 0.3 is 11.9 Å². The Morgan fingerprint density at radius 2 is 1.60 bits per heavy atom. The Kier molecular flexibility index (Phi) is 7.68. The zero-order chi connectivity index (χ0) is 21.3. The summed E-state index contributed by atoms with van der Waals surface area (Å²) in [6, 6.07) is 18.6. The predicted molar refractivity (Wildman–Crippen MR) is 119 cm³/mol. The Balaban J connectivity index is 2.05. The van der Waals surface area contributed by atoms with Crippen LogP contribution in [0.15, 0.2) is 71.2 Å². The molecule has 0 amide bonds. The number of rotatable bonds is 7. The molecule has 7 heteroatoms. The lowest BCUT2D eigenvalue weighted by Gasteiger charge is -2.27. The summed E-state index contributed by atoms with van der Waals surface area (Å²) in [7, 11) is 0. The molecule has 3 rings (SSSR count). The normalized spacial score (nSPS) is 15.8. The lowest BCUT2D eigenvalue weighted by atomic mass is 9.94. The smallest absolute Gasteiger partial charge is 0.338 e. The number of hydrogen-bond acceptors (Lipinski definition) is 7. The molecule has 1 aliphatic rings. The van der Waals surface area contributed by atoms with Gasteiger partial charge < -0.3 is 14.8 Å². The highest BCUT2D eigenvalue weighted by atomic mass is 32.2. The molecule has 0 spiro atoms. The minimum atomic E-state index is -0.550. The molecule has 0 unspecified atom stereocenters. The first-order valence-corrected chi connectivity index (χ1v) is 10.8. The Hall–Kier alpha value is -3.06. The molecule has 0 bridgehead atoms. The summed E-state index contributed by atoms with van der Waals surface area (Å²) < 4.78 is 10.4. The van der Waals surface area contributed by atoms with Crippen molar-refractivity contribution in [2.75, 3.05) is 19.0 Å². The summed E-state index contributed by atoms with van der Waals surface area (Å²) in [5.74, 6) is -0.613. The molecule has 2 aromatic carbocycles. The van der Waals surface area contributed by atoms with Gasteiger partial charge in [-0.15, -0.1) is 0 Å². The number of esters is 2. The standard InChI is InChI=1S/C23H24N2O4S/c1-3-28-18(26)15-30-23-24-20(16-11-7-5-8-12-16)19(22(27)29-4-2)21(25-23)17-13-9-6-10-14-17/h5-14,20H,3-4,15H2,1-2H3,(H,24,25)/t20-/m1/s1. The van der Waals surface area contributed by atoms with Crippen molar-refractivity contribution < 1.29 is 19.1 Å². The van der Waals surface area contributed by atoms with E-state index in [1.807, 2.05) is 60.7 Å². The van der Waals surface area contributed by atoms with E-state index in [0.29, 0.717) is 23.0 Å². The summed E-state index contributed by atoms with van der Waals surface area (Å²) in [5, 5.41) is 3.79. The molecule has 30 heavy (non-hydrogen) atoms. The molecule has 0 fully saturated rings. The van der Waals surface area contributed by atoms with Gasteiger partial charge in [0.25, 0.3) is 0 Å². The van der Waals surface area contributed by atoms with Gasteiger partial charge in [-0.1, -0.05) is 72.4 Å². The SMILES string of the molecule is CCOC(=O)CSC1=N[C@H](c2ccccc2)C(C(=O)OCC)=C(c2ccccc2)N1. The first-order valence-electron chi connectivity index (χ1n) is 9.78. The third kappa shape index (κ3) is 5.30. The minimum Gasteiger partial charge on any atom is -0.465 e. The second kappa shape index (κ2) is 10.6.